The van der Waals surface area contributed by atoms with Crippen LogP contribution in [0.25, 0.3) is 10.9 Å². The summed E-state index contributed by atoms with van der Waals surface area (Å²) >= 11 is 0. The van der Waals surface area contributed by atoms with Gasteiger partial charge in [0.25, 0.3) is 0 Å². The monoisotopic (exact) mass is 435 g/mol. The summed E-state index contributed by atoms with van der Waals surface area (Å²) in [5.41, 5.74) is 2.28. The van der Waals surface area contributed by atoms with Crippen LogP contribution in [-0.4, -0.2) is 46.7 Å². The van der Waals surface area contributed by atoms with E-state index >= 15 is 0 Å². The molecule has 1 aliphatic rings. The van der Waals surface area contributed by atoms with Gasteiger partial charge in [0.05, 0.1) is 12.7 Å². The zero-order chi connectivity index (χ0) is 22.7. The summed E-state index contributed by atoms with van der Waals surface area (Å²) in [6.07, 6.45) is 3.41. The maximum Gasteiger partial charge on any atom is 0.240 e. The second-order valence-corrected chi connectivity index (χ2v) is 9.03. The van der Waals surface area contributed by atoms with Gasteiger partial charge in [0.1, 0.15) is 12.3 Å². The lowest BCUT2D eigenvalue weighted by Gasteiger charge is -2.39. The number of nitrogens with one attached hydrogen (secondary N) is 1. The number of hydrogen-bond acceptors (Lipinski definition) is 4. The second-order valence-electron chi connectivity index (χ2n) is 9.03. The van der Waals surface area contributed by atoms with E-state index in [1.54, 1.807) is 7.11 Å². The number of ether oxygens (including phenoxy) is 1. The van der Waals surface area contributed by atoms with Gasteiger partial charge < -0.3 is 19.7 Å². The summed E-state index contributed by atoms with van der Waals surface area (Å²) in [7, 11) is 1.65. The molecule has 0 aliphatic carbocycles. The summed E-state index contributed by atoms with van der Waals surface area (Å²) in [5.74, 6) is 0.762. The normalized spacial score (nSPS) is 16.4. The Hall–Kier alpha value is -2.83. The van der Waals surface area contributed by atoms with Crippen molar-refractivity contribution < 1.29 is 14.6 Å². The van der Waals surface area contributed by atoms with Gasteiger partial charge in [-0.1, -0.05) is 36.4 Å². The lowest BCUT2D eigenvalue weighted by atomic mass is 9.84. The Morgan fingerprint density at radius 1 is 1.12 bits per heavy atom. The van der Waals surface area contributed by atoms with Crippen LogP contribution in [0.2, 0.25) is 0 Å². The number of nitrogens with zero attached hydrogens (tertiary/aromatic N) is 2. The standard InChI is InChI=1S/C26H33N3O3/c1-19(2)27-25(30)18-29-17-20(21-8-4-6-10-23(21)29)16-28-14-12-26(31,13-15-28)22-9-5-7-11-24(22)32-3/h4-11,17,19,31H,12-16,18H2,1-3H3,(H,27,30). The first kappa shape index (κ1) is 22.4. The van der Waals surface area contributed by atoms with E-state index in [9.17, 15) is 9.90 Å². The first-order valence-corrected chi connectivity index (χ1v) is 11.3. The highest BCUT2D eigenvalue weighted by atomic mass is 16.5. The Kier molecular flexibility index (Phi) is 6.53. The molecule has 2 heterocycles. The average Bonchev–Trinajstić information content (AvgIpc) is 3.12. The Balaban J connectivity index is 1.48. The molecule has 0 unspecified atom stereocenters. The summed E-state index contributed by atoms with van der Waals surface area (Å²) in [4.78, 5) is 14.7. The molecule has 170 valence electrons. The molecule has 1 saturated heterocycles. The molecule has 6 heteroatoms. The fourth-order valence-electron chi connectivity index (χ4n) is 4.72. The maximum atomic E-state index is 12.3. The number of amides is 1. The third-order valence-corrected chi connectivity index (χ3v) is 6.32. The highest BCUT2D eigenvalue weighted by Crippen LogP contribution is 2.38. The van der Waals surface area contributed by atoms with Gasteiger partial charge in [0, 0.05) is 48.3 Å². The number of aliphatic hydroxyl groups is 1. The Morgan fingerprint density at radius 2 is 1.81 bits per heavy atom. The van der Waals surface area contributed by atoms with E-state index in [4.69, 9.17) is 4.74 Å². The van der Waals surface area contributed by atoms with Crippen molar-refractivity contribution in [2.45, 2.75) is 51.4 Å². The number of hydrogen-bond donors (Lipinski definition) is 2. The second kappa shape index (κ2) is 9.35. The van der Waals surface area contributed by atoms with E-state index in [2.05, 4.69) is 28.5 Å². The number of fused-ring (bicyclic) bond motifs is 1. The summed E-state index contributed by atoms with van der Waals surface area (Å²) in [5, 5.41) is 15.5. The summed E-state index contributed by atoms with van der Waals surface area (Å²) in [6, 6.07) is 16.1. The predicted octanol–water partition coefficient (Wildman–Crippen LogP) is 3.66. The van der Waals surface area contributed by atoms with E-state index < -0.39 is 5.60 Å². The van der Waals surface area contributed by atoms with E-state index in [0.717, 1.165) is 36.5 Å². The van der Waals surface area contributed by atoms with Gasteiger partial charge in [0.15, 0.2) is 0 Å². The minimum absolute atomic E-state index is 0.0205. The lowest BCUT2D eigenvalue weighted by molar-refractivity contribution is -0.122. The highest BCUT2D eigenvalue weighted by molar-refractivity contribution is 5.86. The fourth-order valence-corrected chi connectivity index (χ4v) is 4.72. The van der Waals surface area contributed by atoms with Crippen LogP contribution in [-0.2, 0) is 23.5 Å². The van der Waals surface area contributed by atoms with E-state index in [1.165, 1.54) is 10.9 Å². The molecule has 1 aliphatic heterocycles. The van der Waals surface area contributed by atoms with Crippen LogP contribution in [0, 0.1) is 0 Å². The van der Waals surface area contributed by atoms with Crippen LogP contribution in [0.5, 0.6) is 5.75 Å². The molecule has 3 aromatic rings. The van der Waals surface area contributed by atoms with Gasteiger partial charge in [0.2, 0.25) is 5.91 Å². The molecule has 1 fully saturated rings. The van der Waals surface area contributed by atoms with Gasteiger partial charge >= 0.3 is 0 Å². The van der Waals surface area contributed by atoms with Crippen LogP contribution < -0.4 is 10.1 Å². The molecule has 1 amide bonds. The van der Waals surface area contributed by atoms with Crippen molar-refractivity contribution in [1.29, 1.82) is 0 Å². The average molecular weight is 436 g/mol. The van der Waals surface area contributed by atoms with Gasteiger partial charge in [-0.3, -0.25) is 9.69 Å². The lowest BCUT2D eigenvalue weighted by Crippen LogP contribution is -2.42. The molecule has 6 nitrogen and oxygen atoms in total. The molecule has 0 bridgehead atoms. The third kappa shape index (κ3) is 4.66. The molecule has 0 atom stereocenters. The summed E-state index contributed by atoms with van der Waals surface area (Å²) in [6.45, 7) is 6.64. The largest absolute Gasteiger partial charge is 0.496 e. The quantitative estimate of drug-likeness (QED) is 0.594. The van der Waals surface area contributed by atoms with Crippen LogP contribution in [0.1, 0.15) is 37.8 Å². The number of likely N-dealkylation sites (tertiary alicyclic amines) is 1. The third-order valence-electron chi connectivity index (χ3n) is 6.32. The Labute approximate surface area is 189 Å². The Bertz CT molecular complexity index is 1080. The Morgan fingerprint density at radius 3 is 2.53 bits per heavy atom. The van der Waals surface area contributed by atoms with E-state index in [-0.39, 0.29) is 11.9 Å². The van der Waals surface area contributed by atoms with Crippen molar-refractivity contribution in [3.05, 3.63) is 65.9 Å². The summed E-state index contributed by atoms with van der Waals surface area (Å²) < 4.78 is 7.52. The molecule has 2 aromatic carbocycles. The maximum absolute atomic E-state index is 12.3. The molecule has 4 rings (SSSR count). The number of benzene rings is 2. The highest BCUT2D eigenvalue weighted by Gasteiger charge is 2.36. The minimum atomic E-state index is -0.869. The fraction of sp³-hybridized carbons (Fsp3) is 0.423. The number of carbonyl (C=O) groups is 1. The molecule has 0 spiro atoms. The number of piperidine rings is 1. The number of rotatable bonds is 7. The smallest absolute Gasteiger partial charge is 0.240 e. The molecule has 0 saturated carbocycles. The zero-order valence-electron chi connectivity index (χ0n) is 19.2. The molecule has 0 radical (unpaired) electrons. The van der Waals surface area contributed by atoms with Gasteiger partial charge in [-0.15, -0.1) is 0 Å². The van der Waals surface area contributed by atoms with Crippen molar-refractivity contribution in [2.75, 3.05) is 20.2 Å². The van der Waals surface area contributed by atoms with Crippen LogP contribution in [0.4, 0.5) is 0 Å². The molecule has 2 N–H and O–H groups in total. The topological polar surface area (TPSA) is 66.7 Å². The van der Waals surface area contributed by atoms with E-state index in [1.807, 2.05) is 54.8 Å². The SMILES string of the molecule is COc1ccccc1C1(O)CCN(Cc2cn(CC(=O)NC(C)C)c3ccccc23)CC1. The van der Waals surface area contributed by atoms with Crippen molar-refractivity contribution in [1.82, 2.24) is 14.8 Å². The van der Waals surface area contributed by atoms with Crippen molar-refractivity contribution in [3.8, 4) is 5.75 Å². The number of aromatic nitrogens is 1. The van der Waals surface area contributed by atoms with Crippen LogP contribution in [0.15, 0.2) is 54.7 Å². The minimum Gasteiger partial charge on any atom is -0.496 e. The molecule has 32 heavy (non-hydrogen) atoms. The van der Waals surface area contributed by atoms with Crippen molar-refractivity contribution in [3.63, 3.8) is 0 Å². The number of methoxy groups -OCH3 is 1. The molecular formula is C26H33N3O3. The van der Waals surface area contributed by atoms with Crippen LogP contribution in [0.3, 0.4) is 0 Å². The number of para-hydroxylation sites is 2. The zero-order valence-corrected chi connectivity index (χ0v) is 19.2. The molecule has 1 aromatic heterocycles. The first-order chi connectivity index (χ1) is 15.4. The first-order valence-electron chi connectivity index (χ1n) is 11.3. The van der Waals surface area contributed by atoms with Crippen molar-refractivity contribution >= 4 is 16.8 Å². The van der Waals surface area contributed by atoms with E-state index in [0.29, 0.717) is 19.4 Å². The number of carbonyl (C=O) groups excluding carboxylic acids is 1. The molecular weight excluding hydrogens is 402 g/mol. The predicted molar refractivity (Wildman–Crippen MR) is 127 cm³/mol. The van der Waals surface area contributed by atoms with Crippen molar-refractivity contribution in [2.24, 2.45) is 0 Å². The van der Waals surface area contributed by atoms with Gasteiger partial charge in [-0.25, -0.2) is 0 Å². The van der Waals surface area contributed by atoms with Gasteiger partial charge in [-0.05, 0) is 44.4 Å². The van der Waals surface area contributed by atoms with Crippen LogP contribution >= 0.6 is 0 Å². The van der Waals surface area contributed by atoms with Gasteiger partial charge in [-0.2, -0.15) is 0 Å².